The van der Waals surface area contributed by atoms with Gasteiger partial charge >= 0.3 is 0 Å². The number of hydrogen-bond acceptors (Lipinski definition) is 2. The van der Waals surface area contributed by atoms with Gasteiger partial charge in [-0.1, -0.05) is 12.1 Å². The van der Waals surface area contributed by atoms with Gasteiger partial charge in [0.1, 0.15) is 0 Å². The van der Waals surface area contributed by atoms with E-state index in [4.69, 9.17) is 5.73 Å². The lowest BCUT2D eigenvalue weighted by Gasteiger charge is -2.28. The van der Waals surface area contributed by atoms with Crippen molar-refractivity contribution in [3.63, 3.8) is 0 Å². The van der Waals surface area contributed by atoms with Crippen LogP contribution in [0.15, 0.2) is 24.3 Å². The highest BCUT2D eigenvalue weighted by molar-refractivity contribution is 5.41. The Morgan fingerprint density at radius 2 is 1.82 bits per heavy atom. The van der Waals surface area contributed by atoms with Gasteiger partial charge in [0.25, 0.3) is 5.92 Å². The van der Waals surface area contributed by atoms with Crippen LogP contribution in [-0.4, -0.2) is 23.4 Å². The molecule has 2 fully saturated rings. The molecule has 1 heterocycles. The fourth-order valence-electron chi connectivity index (χ4n) is 2.70. The van der Waals surface area contributed by atoms with Gasteiger partial charge in [0, 0.05) is 24.7 Å². The molecular weight excluding hydrogens is 222 g/mol. The maximum absolute atomic E-state index is 14.0. The van der Waals surface area contributed by atoms with E-state index in [9.17, 15) is 8.78 Å². The first-order valence-corrected chi connectivity index (χ1v) is 6.07. The predicted octanol–water partition coefficient (Wildman–Crippen LogP) is 2.81. The van der Waals surface area contributed by atoms with Crippen LogP contribution in [0.2, 0.25) is 0 Å². The van der Waals surface area contributed by atoms with Gasteiger partial charge in [0.15, 0.2) is 0 Å². The van der Waals surface area contributed by atoms with E-state index in [0.29, 0.717) is 23.8 Å². The average molecular weight is 238 g/mol. The van der Waals surface area contributed by atoms with Crippen molar-refractivity contribution in [2.45, 2.75) is 37.3 Å². The summed E-state index contributed by atoms with van der Waals surface area (Å²) in [4.78, 5) is 1.96. The van der Waals surface area contributed by atoms with Gasteiger partial charge in [-0.05, 0) is 30.5 Å². The first kappa shape index (κ1) is 11.0. The molecule has 1 aromatic carbocycles. The fourth-order valence-corrected chi connectivity index (χ4v) is 2.70. The van der Waals surface area contributed by atoms with E-state index in [0.717, 1.165) is 12.8 Å². The molecule has 17 heavy (non-hydrogen) atoms. The van der Waals surface area contributed by atoms with Crippen molar-refractivity contribution >= 4 is 5.69 Å². The largest absolute Gasteiger partial charge is 0.399 e. The zero-order valence-corrected chi connectivity index (χ0v) is 9.57. The number of halogens is 2. The minimum Gasteiger partial charge on any atom is -0.399 e. The molecule has 2 aliphatic rings. The molecule has 0 radical (unpaired) electrons. The predicted molar refractivity (Wildman–Crippen MR) is 62.9 cm³/mol. The van der Waals surface area contributed by atoms with Gasteiger partial charge in [-0.15, -0.1) is 0 Å². The summed E-state index contributed by atoms with van der Waals surface area (Å²) >= 11 is 0. The minimum absolute atomic E-state index is 0.0292. The molecule has 1 saturated heterocycles. The molecule has 1 aromatic rings. The molecule has 92 valence electrons. The Labute approximate surface area is 99.4 Å². The van der Waals surface area contributed by atoms with E-state index in [1.165, 1.54) is 0 Å². The van der Waals surface area contributed by atoms with Gasteiger partial charge in [0.2, 0.25) is 0 Å². The van der Waals surface area contributed by atoms with Crippen LogP contribution in [0.4, 0.5) is 14.5 Å². The number of hydrogen-bond donors (Lipinski definition) is 1. The van der Waals surface area contributed by atoms with Crippen molar-refractivity contribution in [1.82, 2.24) is 4.90 Å². The molecule has 1 aliphatic heterocycles. The summed E-state index contributed by atoms with van der Waals surface area (Å²) < 4.78 is 27.9. The Balaban J connectivity index is 1.93. The maximum atomic E-state index is 14.0. The van der Waals surface area contributed by atoms with Gasteiger partial charge in [-0.25, -0.2) is 8.78 Å². The summed E-state index contributed by atoms with van der Waals surface area (Å²) in [7, 11) is 0. The van der Waals surface area contributed by atoms with E-state index in [1.54, 1.807) is 24.3 Å². The van der Waals surface area contributed by atoms with Crippen molar-refractivity contribution in [3.05, 3.63) is 29.8 Å². The average Bonchev–Trinajstić information content (AvgIpc) is 3.06. The molecular formula is C13H16F2N2. The summed E-state index contributed by atoms with van der Waals surface area (Å²) in [5.74, 6) is -2.61. The normalized spacial score (nSPS) is 28.5. The van der Waals surface area contributed by atoms with E-state index in [2.05, 4.69) is 0 Å². The van der Waals surface area contributed by atoms with Crippen molar-refractivity contribution < 1.29 is 8.78 Å². The fraction of sp³-hybridized carbons (Fsp3) is 0.538. The van der Waals surface area contributed by atoms with Crippen LogP contribution in [-0.2, 0) is 0 Å². The van der Waals surface area contributed by atoms with Crippen molar-refractivity contribution in [3.8, 4) is 0 Å². The third-order valence-corrected chi connectivity index (χ3v) is 3.70. The van der Waals surface area contributed by atoms with E-state index < -0.39 is 12.0 Å². The molecule has 1 unspecified atom stereocenters. The van der Waals surface area contributed by atoms with Gasteiger partial charge in [0.05, 0.1) is 6.04 Å². The molecule has 0 aromatic heterocycles. The molecule has 0 amide bonds. The summed E-state index contributed by atoms with van der Waals surface area (Å²) in [6.45, 7) is 0.507. The number of benzene rings is 1. The molecule has 0 bridgehead atoms. The Bertz CT molecular complexity index is 412. The molecule has 1 aliphatic carbocycles. The highest BCUT2D eigenvalue weighted by atomic mass is 19.3. The second-order valence-electron chi connectivity index (χ2n) is 5.05. The van der Waals surface area contributed by atoms with Gasteiger partial charge in [-0.3, -0.25) is 4.90 Å². The Morgan fingerprint density at radius 1 is 1.18 bits per heavy atom. The lowest BCUT2D eigenvalue weighted by Crippen LogP contribution is -2.32. The highest BCUT2D eigenvalue weighted by Gasteiger charge is 2.53. The zero-order chi connectivity index (χ0) is 12.0. The van der Waals surface area contributed by atoms with Crippen molar-refractivity contribution in [2.24, 2.45) is 0 Å². The van der Waals surface area contributed by atoms with Gasteiger partial charge in [-0.2, -0.15) is 0 Å². The molecule has 1 atom stereocenters. The molecule has 3 rings (SSSR count). The third kappa shape index (κ3) is 1.90. The van der Waals surface area contributed by atoms with Crippen LogP contribution >= 0.6 is 0 Å². The molecule has 4 heteroatoms. The zero-order valence-electron chi connectivity index (χ0n) is 9.57. The topological polar surface area (TPSA) is 29.3 Å². The number of likely N-dealkylation sites (tertiary alicyclic amines) is 1. The van der Waals surface area contributed by atoms with Crippen molar-refractivity contribution in [1.29, 1.82) is 0 Å². The molecule has 1 saturated carbocycles. The molecule has 2 nitrogen and oxygen atoms in total. The van der Waals surface area contributed by atoms with Crippen LogP contribution in [0.1, 0.15) is 30.9 Å². The minimum atomic E-state index is -2.61. The number of nitrogens with two attached hydrogens (primary N) is 1. The van der Waals surface area contributed by atoms with Crippen LogP contribution in [0.25, 0.3) is 0 Å². The van der Waals surface area contributed by atoms with E-state index in [-0.39, 0.29) is 6.42 Å². The number of nitrogens with zero attached hydrogens (tertiary/aromatic N) is 1. The number of nitrogen functional groups attached to an aromatic ring is 1. The highest BCUT2D eigenvalue weighted by Crippen LogP contribution is 2.49. The number of rotatable bonds is 2. The smallest absolute Gasteiger partial charge is 0.268 e. The molecule has 2 N–H and O–H groups in total. The van der Waals surface area contributed by atoms with E-state index >= 15 is 0 Å². The summed E-state index contributed by atoms with van der Waals surface area (Å²) in [5.41, 5.74) is 6.91. The SMILES string of the molecule is Nc1ccc(C2N(C3CC3)CCC2(F)F)cc1. The summed E-state index contributed by atoms with van der Waals surface area (Å²) in [6, 6.07) is 6.48. The first-order chi connectivity index (χ1) is 8.08. The Hall–Kier alpha value is -1.16. The monoisotopic (exact) mass is 238 g/mol. The standard InChI is InChI=1S/C13H16F2N2/c14-13(15)7-8-17(11-5-6-11)12(13)9-1-3-10(16)4-2-9/h1-4,11-12H,5-8,16H2. The van der Waals surface area contributed by atoms with Crippen LogP contribution in [0.3, 0.4) is 0 Å². The third-order valence-electron chi connectivity index (χ3n) is 3.70. The second-order valence-corrected chi connectivity index (χ2v) is 5.05. The lowest BCUT2D eigenvalue weighted by atomic mass is 10.0. The van der Waals surface area contributed by atoms with Crippen LogP contribution in [0, 0.1) is 0 Å². The van der Waals surface area contributed by atoms with E-state index in [1.807, 2.05) is 4.90 Å². The number of anilines is 1. The summed E-state index contributed by atoms with van der Waals surface area (Å²) in [5, 5.41) is 0. The Morgan fingerprint density at radius 3 is 2.41 bits per heavy atom. The van der Waals surface area contributed by atoms with Gasteiger partial charge < -0.3 is 5.73 Å². The maximum Gasteiger partial charge on any atom is 0.268 e. The Kier molecular flexibility index (Phi) is 2.36. The molecule has 0 spiro atoms. The number of alkyl halides is 2. The first-order valence-electron chi connectivity index (χ1n) is 6.07. The van der Waals surface area contributed by atoms with Crippen molar-refractivity contribution in [2.75, 3.05) is 12.3 Å². The quantitative estimate of drug-likeness (QED) is 0.803. The summed E-state index contributed by atoms with van der Waals surface area (Å²) in [6.07, 6.45) is 2.08. The van der Waals surface area contributed by atoms with Crippen LogP contribution < -0.4 is 5.73 Å². The second kappa shape index (κ2) is 3.67. The lowest BCUT2D eigenvalue weighted by molar-refractivity contribution is -0.0357. The van der Waals surface area contributed by atoms with Crippen LogP contribution in [0.5, 0.6) is 0 Å².